The SMILES string of the molecule is O=C(Nc1cccc(-c2ccccc2)c1)c1cccc(C2CC2NCC2CC2)c1.O=C(O)C(F)(F)F. The molecule has 3 aromatic rings. The largest absolute Gasteiger partial charge is 0.490 e. The highest BCUT2D eigenvalue weighted by Gasteiger charge is 2.39. The van der Waals surface area contributed by atoms with Crippen LogP contribution in [0.2, 0.25) is 0 Å². The number of nitrogens with one attached hydrogen (secondary N) is 2. The van der Waals surface area contributed by atoms with Crippen molar-refractivity contribution in [3.8, 4) is 11.1 Å². The van der Waals surface area contributed by atoms with Crippen LogP contribution in [0.15, 0.2) is 78.9 Å². The Morgan fingerprint density at radius 3 is 2.22 bits per heavy atom. The first-order valence-electron chi connectivity index (χ1n) is 11.8. The minimum absolute atomic E-state index is 0.0554. The monoisotopic (exact) mass is 496 g/mol. The van der Waals surface area contributed by atoms with Gasteiger partial charge in [-0.2, -0.15) is 13.2 Å². The van der Waals surface area contributed by atoms with Gasteiger partial charge in [0.25, 0.3) is 5.91 Å². The van der Waals surface area contributed by atoms with E-state index in [1.54, 1.807) is 0 Å². The Labute approximate surface area is 207 Å². The van der Waals surface area contributed by atoms with E-state index in [0.29, 0.717) is 12.0 Å². The summed E-state index contributed by atoms with van der Waals surface area (Å²) >= 11 is 0. The van der Waals surface area contributed by atoms with E-state index in [4.69, 9.17) is 9.90 Å². The van der Waals surface area contributed by atoms with Gasteiger partial charge in [0.1, 0.15) is 0 Å². The molecule has 5 nitrogen and oxygen atoms in total. The number of carboxylic acid groups (broad SMARTS) is 1. The molecule has 0 aliphatic heterocycles. The Morgan fingerprint density at radius 2 is 1.56 bits per heavy atom. The number of halogens is 3. The standard InChI is InChI=1S/C26H26N2O.C2HF3O2/c29-26(28-23-11-5-8-20(15-23)19-6-2-1-3-7-19)22-10-4-9-21(14-22)24-16-25(24)27-17-18-12-13-18;3-2(4,5)1(6)7/h1-11,14-15,18,24-25,27H,12-13,16-17H2,(H,28,29);(H,6,7). The third kappa shape index (κ3) is 7.18. The smallest absolute Gasteiger partial charge is 0.475 e. The van der Waals surface area contributed by atoms with Crippen molar-refractivity contribution >= 4 is 17.6 Å². The van der Waals surface area contributed by atoms with E-state index >= 15 is 0 Å². The lowest BCUT2D eigenvalue weighted by atomic mass is 10.0. The molecule has 8 heteroatoms. The Bertz CT molecular complexity index is 1210. The molecule has 2 atom stereocenters. The van der Waals surface area contributed by atoms with Crippen molar-refractivity contribution in [1.82, 2.24) is 5.32 Å². The molecule has 0 bridgehead atoms. The number of carboxylic acids is 1. The first kappa shape index (κ1) is 25.4. The van der Waals surface area contributed by atoms with Crippen molar-refractivity contribution in [3.05, 3.63) is 90.0 Å². The molecule has 0 heterocycles. The highest BCUT2D eigenvalue weighted by molar-refractivity contribution is 6.04. The number of alkyl halides is 3. The number of benzene rings is 3. The zero-order chi connectivity index (χ0) is 25.7. The number of carbonyl (C=O) groups excluding carboxylic acids is 1. The van der Waals surface area contributed by atoms with Crippen molar-refractivity contribution in [2.24, 2.45) is 5.92 Å². The summed E-state index contributed by atoms with van der Waals surface area (Å²) < 4.78 is 31.7. The van der Waals surface area contributed by atoms with E-state index < -0.39 is 12.1 Å². The molecule has 2 fully saturated rings. The molecule has 0 spiro atoms. The molecular weight excluding hydrogens is 469 g/mol. The second-order valence-corrected chi connectivity index (χ2v) is 9.13. The maximum atomic E-state index is 12.8. The summed E-state index contributed by atoms with van der Waals surface area (Å²) in [6, 6.07) is 26.9. The van der Waals surface area contributed by atoms with Crippen LogP contribution in [-0.4, -0.2) is 35.7 Å². The second-order valence-electron chi connectivity index (χ2n) is 9.13. The average molecular weight is 497 g/mol. The van der Waals surface area contributed by atoms with Crippen molar-refractivity contribution in [2.75, 3.05) is 11.9 Å². The molecule has 3 aromatic carbocycles. The number of anilines is 1. The fraction of sp³-hybridized carbons (Fsp3) is 0.286. The van der Waals surface area contributed by atoms with Crippen LogP contribution in [0.1, 0.15) is 41.1 Å². The Kier molecular flexibility index (Phi) is 7.74. The van der Waals surface area contributed by atoms with Gasteiger partial charge in [0.2, 0.25) is 0 Å². The van der Waals surface area contributed by atoms with E-state index in [9.17, 15) is 18.0 Å². The quantitative estimate of drug-likeness (QED) is 0.370. The summed E-state index contributed by atoms with van der Waals surface area (Å²) in [4.78, 5) is 21.7. The molecule has 2 aliphatic carbocycles. The van der Waals surface area contributed by atoms with Gasteiger partial charge >= 0.3 is 12.1 Å². The molecular formula is C28H27F3N2O3. The van der Waals surface area contributed by atoms with Gasteiger partial charge in [-0.15, -0.1) is 0 Å². The van der Waals surface area contributed by atoms with Crippen LogP contribution in [0.4, 0.5) is 18.9 Å². The van der Waals surface area contributed by atoms with Crippen LogP contribution >= 0.6 is 0 Å². The molecule has 0 saturated heterocycles. The number of carbonyl (C=O) groups is 2. The van der Waals surface area contributed by atoms with Gasteiger partial charge in [0, 0.05) is 23.2 Å². The van der Waals surface area contributed by atoms with Crippen LogP contribution in [0.5, 0.6) is 0 Å². The third-order valence-electron chi connectivity index (χ3n) is 6.20. The van der Waals surface area contributed by atoms with E-state index in [-0.39, 0.29) is 5.91 Å². The number of hydrogen-bond acceptors (Lipinski definition) is 3. The first-order valence-corrected chi connectivity index (χ1v) is 11.8. The van der Waals surface area contributed by atoms with Crippen molar-refractivity contribution in [3.63, 3.8) is 0 Å². The van der Waals surface area contributed by atoms with Crippen LogP contribution < -0.4 is 10.6 Å². The molecule has 3 N–H and O–H groups in total. The summed E-state index contributed by atoms with van der Waals surface area (Å²) in [5.74, 6) is -1.37. The highest BCUT2D eigenvalue weighted by atomic mass is 19.4. The van der Waals surface area contributed by atoms with E-state index in [1.807, 2.05) is 48.5 Å². The molecule has 1 amide bonds. The van der Waals surface area contributed by atoms with Gasteiger partial charge < -0.3 is 15.7 Å². The van der Waals surface area contributed by atoms with Gasteiger partial charge in [-0.3, -0.25) is 4.79 Å². The number of aliphatic carboxylic acids is 1. The number of hydrogen-bond donors (Lipinski definition) is 3. The van der Waals surface area contributed by atoms with Crippen LogP contribution in [0, 0.1) is 5.92 Å². The maximum Gasteiger partial charge on any atom is 0.490 e. The van der Waals surface area contributed by atoms with Crippen molar-refractivity contribution in [1.29, 1.82) is 0 Å². The van der Waals surface area contributed by atoms with Gasteiger partial charge in [0.05, 0.1) is 0 Å². The van der Waals surface area contributed by atoms with E-state index in [0.717, 1.165) is 34.8 Å². The van der Waals surface area contributed by atoms with E-state index in [1.165, 1.54) is 24.8 Å². The van der Waals surface area contributed by atoms with E-state index in [2.05, 4.69) is 41.0 Å². The zero-order valence-electron chi connectivity index (χ0n) is 19.5. The number of rotatable bonds is 7. The second kappa shape index (κ2) is 11.0. The Hall–Kier alpha value is -3.65. The minimum atomic E-state index is -5.08. The highest BCUT2D eigenvalue weighted by Crippen LogP contribution is 2.42. The van der Waals surface area contributed by atoms with Crippen molar-refractivity contribution < 1.29 is 27.9 Å². The summed E-state index contributed by atoms with van der Waals surface area (Å²) in [6.07, 6.45) is -1.14. The first-order chi connectivity index (χ1) is 17.2. The van der Waals surface area contributed by atoms with Crippen LogP contribution in [0.3, 0.4) is 0 Å². The lowest BCUT2D eigenvalue weighted by Gasteiger charge is -2.09. The number of amides is 1. The molecule has 5 rings (SSSR count). The minimum Gasteiger partial charge on any atom is -0.475 e. The predicted molar refractivity (Wildman–Crippen MR) is 132 cm³/mol. The summed E-state index contributed by atoms with van der Waals surface area (Å²) in [5, 5.41) is 13.9. The van der Waals surface area contributed by atoms with Crippen LogP contribution in [-0.2, 0) is 4.79 Å². The normalized spacial score (nSPS) is 18.5. The molecule has 2 unspecified atom stereocenters. The maximum absolute atomic E-state index is 12.8. The fourth-order valence-corrected chi connectivity index (χ4v) is 3.95. The van der Waals surface area contributed by atoms with Gasteiger partial charge in [-0.1, -0.05) is 54.6 Å². The van der Waals surface area contributed by atoms with Gasteiger partial charge in [0.15, 0.2) is 0 Å². The summed E-state index contributed by atoms with van der Waals surface area (Å²) in [7, 11) is 0. The van der Waals surface area contributed by atoms with Gasteiger partial charge in [-0.05, 0) is 72.7 Å². The molecule has 188 valence electrons. The molecule has 36 heavy (non-hydrogen) atoms. The summed E-state index contributed by atoms with van der Waals surface area (Å²) in [5.41, 5.74) is 5.05. The molecule has 2 saturated carbocycles. The van der Waals surface area contributed by atoms with Crippen LogP contribution in [0.25, 0.3) is 11.1 Å². The molecule has 2 aliphatic rings. The Balaban J connectivity index is 0.000000384. The topological polar surface area (TPSA) is 78.4 Å². The zero-order valence-corrected chi connectivity index (χ0v) is 19.5. The molecule has 0 aromatic heterocycles. The Morgan fingerprint density at radius 1 is 0.889 bits per heavy atom. The summed E-state index contributed by atoms with van der Waals surface area (Å²) in [6.45, 7) is 1.15. The molecule has 0 radical (unpaired) electrons. The fourth-order valence-electron chi connectivity index (χ4n) is 3.95. The predicted octanol–water partition coefficient (Wildman–Crippen LogP) is 6.09. The lowest BCUT2D eigenvalue weighted by molar-refractivity contribution is -0.192. The van der Waals surface area contributed by atoms with Crippen molar-refractivity contribution in [2.45, 2.75) is 37.4 Å². The third-order valence-corrected chi connectivity index (χ3v) is 6.20. The van der Waals surface area contributed by atoms with Gasteiger partial charge in [-0.25, -0.2) is 4.79 Å². The average Bonchev–Trinajstić information content (AvgIpc) is 3.79. The lowest BCUT2D eigenvalue weighted by Crippen LogP contribution is -2.21.